The smallest absolute Gasteiger partial charge is 0.274 e. The molecule has 19 heavy (non-hydrogen) atoms. The minimum atomic E-state index is -0.844. The molecule has 4 nitrogen and oxygen atoms in total. The summed E-state index contributed by atoms with van der Waals surface area (Å²) in [6, 6.07) is 6.09. The monoisotopic (exact) mass is 263 g/mol. The third-order valence-corrected chi connectivity index (χ3v) is 2.47. The molecule has 3 N–H and O–H groups in total. The highest BCUT2D eigenvalue weighted by atomic mass is 19.1. The van der Waals surface area contributed by atoms with Crippen molar-refractivity contribution in [2.75, 3.05) is 5.32 Å². The van der Waals surface area contributed by atoms with Gasteiger partial charge in [-0.25, -0.2) is 8.78 Å². The van der Waals surface area contributed by atoms with Crippen molar-refractivity contribution in [3.8, 4) is 0 Å². The second-order valence-corrected chi connectivity index (χ2v) is 3.83. The maximum Gasteiger partial charge on any atom is 0.274 e. The topological polar surface area (TPSA) is 68.0 Å². The van der Waals surface area contributed by atoms with Crippen molar-refractivity contribution in [1.29, 1.82) is 0 Å². The maximum absolute atomic E-state index is 13.4. The standard InChI is InChI=1S/C13H11F2N3O/c14-9-1-2-11(10(15)6-9)18-13(19)12-5-8(7-16)3-4-17-12/h1-6H,7,16H2,(H,18,19). The molecule has 98 valence electrons. The van der Waals surface area contributed by atoms with E-state index >= 15 is 0 Å². The largest absolute Gasteiger partial charge is 0.326 e. The van der Waals surface area contributed by atoms with Gasteiger partial charge in [0.2, 0.25) is 0 Å². The van der Waals surface area contributed by atoms with Gasteiger partial charge in [-0.3, -0.25) is 9.78 Å². The fraction of sp³-hybridized carbons (Fsp3) is 0.0769. The van der Waals surface area contributed by atoms with Gasteiger partial charge in [0.05, 0.1) is 5.69 Å². The third kappa shape index (κ3) is 3.11. The zero-order valence-electron chi connectivity index (χ0n) is 9.86. The summed E-state index contributed by atoms with van der Waals surface area (Å²) in [5.41, 5.74) is 6.20. The van der Waals surface area contributed by atoms with Gasteiger partial charge in [-0.05, 0) is 29.8 Å². The van der Waals surface area contributed by atoms with Crippen LogP contribution in [0.3, 0.4) is 0 Å². The second kappa shape index (κ2) is 5.53. The van der Waals surface area contributed by atoms with Crippen LogP contribution in [-0.4, -0.2) is 10.9 Å². The number of carbonyl (C=O) groups is 1. The van der Waals surface area contributed by atoms with E-state index in [2.05, 4.69) is 10.3 Å². The number of anilines is 1. The van der Waals surface area contributed by atoms with Crippen molar-refractivity contribution >= 4 is 11.6 Å². The maximum atomic E-state index is 13.4. The summed E-state index contributed by atoms with van der Waals surface area (Å²) in [6.07, 6.45) is 1.44. The Hall–Kier alpha value is -2.34. The van der Waals surface area contributed by atoms with Gasteiger partial charge in [-0.1, -0.05) is 0 Å². The number of benzene rings is 1. The summed E-state index contributed by atoms with van der Waals surface area (Å²) in [5.74, 6) is -2.14. The van der Waals surface area contributed by atoms with Crippen LogP contribution in [0.2, 0.25) is 0 Å². The van der Waals surface area contributed by atoms with Crippen LogP contribution < -0.4 is 11.1 Å². The number of amides is 1. The van der Waals surface area contributed by atoms with Crippen molar-refractivity contribution in [2.24, 2.45) is 5.73 Å². The first kappa shape index (κ1) is 13.1. The number of halogens is 2. The average molecular weight is 263 g/mol. The van der Waals surface area contributed by atoms with Crippen LogP contribution in [0.5, 0.6) is 0 Å². The van der Waals surface area contributed by atoms with Crippen molar-refractivity contribution < 1.29 is 13.6 Å². The van der Waals surface area contributed by atoms with Crippen LogP contribution in [0.4, 0.5) is 14.5 Å². The highest BCUT2D eigenvalue weighted by Crippen LogP contribution is 2.15. The van der Waals surface area contributed by atoms with Crippen molar-refractivity contribution in [1.82, 2.24) is 4.98 Å². The van der Waals surface area contributed by atoms with E-state index in [1.165, 1.54) is 12.3 Å². The number of pyridine rings is 1. The van der Waals surface area contributed by atoms with Gasteiger partial charge in [-0.15, -0.1) is 0 Å². The summed E-state index contributed by atoms with van der Waals surface area (Å²) in [6.45, 7) is 0.272. The molecular weight excluding hydrogens is 252 g/mol. The molecule has 0 spiro atoms. The molecule has 2 rings (SSSR count). The van der Waals surface area contributed by atoms with Gasteiger partial charge < -0.3 is 11.1 Å². The van der Waals surface area contributed by atoms with Gasteiger partial charge >= 0.3 is 0 Å². The van der Waals surface area contributed by atoms with Crippen molar-refractivity contribution in [3.05, 3.63) is 59.4 Å². The SMILES string of the molecule is NCc1ccnc(C(=O)Nc2ccc(F)cc2F)c1. The molecule has 2 aromatic rings. The molecule has 0 atom stereocenters. The molecule has 1 aromatic heterocycles. The molecule has 6 heteroatoms. The molecule has 1 heterocycles. The lowest BCUT2D eigenvalue weighted by Crippen LogP contribution is -2.15. The van der Waals surface area contributed by atoms with Crippen molar-refractivity contribution in [3.63, 3.8) is 0 Å². The molecule has 0 aliphatic carbocycles. The fourth-order valence-corrected chi connectivity index (χ4v) is 1.50. The molecule has 0 aliphatic rings. The molecule has 0 fully saturated rings. The first-order chi connectivity index (χ1) is 9.10. The fourth-order valence-electron chi connectivity index (χ4n) is 1.50. The van der Waals surface area contributed by atoms with Crippen LogP contribution in [0.25, 0.3) is 0 Å². The van der Waals surface area contributed by atoms with Crippen LogP contribution in [-0.2, 0) is 6.54 Å². The van der Waals surface area contributed by atoms with E-state index in [0.717, 1.165) is 17.7 Å². The zero-order chi connectivity index (χ0) is 13.8. The first-order valence-electron chi connectivity index (χ1n) is 5.51. The molecule has 0 saturated heterocycles. The van der Waals surface area contributed by atoms with E-state index in [-0.39, 0.29) is 17.9 Å². The van der Waals surface area contributed by atoms with Gasteiger partial charge in [0, 0.05) is 18.8 Å². The predicted octanol–water partition coefficient (Wildman–Crippen LogP) is 2.07. The summed E-state index contributed by atoms with van der Waals surface area (Å²) in [7, 11) is 0. The summed E-state index contributed by atoms with van der Waals surface area (Å²) in [4.78, 5) is 15.7. The quantitative estimate of drug-likeness (QED) is 0.890. The van der Waals surface area contributed by atoms with Gasteiger partial charge in [0.25, 0.3) is 5.91 Å². The highest BCUT2D eigenvalue weighted by molar-refractivity contribution is 6.02. The van der Waals surface area contributed by atoms with Crippen LogP contribution in [0.1, 0.15) is 16.1 Å². The third-order valence-electron chi connectivity index (χ3n) is 2.47. The Balaban J connectivity index is 2.20. The first-order valence-corrected chi connectivity index (χ1v) is 5.51. The van der Waals surface area contributed by atoms with E-state index in [0.29, 0.717) is 6.07 Å². The number of rotatable bonds is 3. The Morgan fingerprint density at radius 2 is 2.05 bits per heavy atom. The van der Waals surface area contributed by atoms with Gasteiger partial charge in [-0.2, -0.15) is 0 Å². The minimum absolute atomic E-state index is 0.105. The molecule has 0 saturated carbocycles. The van der Waals surface area contributed by atoms with Crippen LogP contribution in [0, 0.1) is 11.6 Å². The zero-order valence-corrected chi connectivity index (χ0v) is 9.86. The predicted molar refractivity (Wildman–Crippen MR) is 66.4 cm³/mol. The highest BCUT2D eigenvalue weighted by Gasteiger charge is 2.11. The summed E-state index contributed by atoms with van der Waals surface area (Å²) >= 11 is 0. The van der Waals surface area contributed by atoms with E-state index < -0.39 is 17.5 Å². The number of nitrogens with zero attached hydrogens (tertiary/aromatic N) is 1. The lowest BCUT2D eigenvalue weighted by Gasteiger charge is -2.06. The van der Waals surface area contributed by atoms with E-state index in [1.807, 2.05) is 0 Å². The van der Waals surface area contributed by atoms with Crippen molar-refractivity contribution in [2.45, 2.75) is 6.54 Å². The Labute approximate surface area is 108 Å². The molecule has 0 aliphatic heterocycles. The van der Waals surface area contributed by atoms with E-state index in [9.17, 15) is 13.6 Å². The Kier molecular flexibility index (Phi) is 3.82. The number of hydrogen-bond acceptors (Lipinski definition) is 3. The molecule has 0 bridgehead atoms. The second-order valence-electron chi connectivity index (χ2n) is 3.83. The number of nitrogens with one attached hydrogen (secondary N) is 1. The number of carbonyl (C=O) groups excluding carboxylic acids is 1. The molecule has 1 aromatic carbocycles. The van der Waals surface area contributed by atoms with E-state index in [4.69, 9.17) is 5.73 Å². The lowest BCUT2D eigenvalue weighted by atomic mass is 10.2. The Morgan fingerprint density at radius 1 is 1.26 bits per heavy atom. The summed E-state index contributed by atoms with van der Waals surface area (Å²) in [5, 5.41) is 2.32. The number of hydrogen-bond donors (Lipinski definition) is 2. The van der Waals surface area contributed by atoms with Crippen LogP contribution >= 0.6 is 0 Å². The molecule has 1 amide bonds. The van der Waals surface area contributed by atoms with Gasteiger partial charge in [0.1, 0.15) is 17.3 Å². The molecule has 0 unspecified atom stereocenters. The normalized spacial score (nSPS) is 10.3. The van der Waals surface area contributed by atoms with Crippen LogP contribution in [0.15, 0.2) is 36.5 Å². The molecule has 0 radical (unpaired) electrons. The number of aromatic nitrogens is 1. The Morgan fingerprint density at radius 3 is 2.74 bits per heavy atom. The molecular formula is C13H11F2N3O. The Bertz CT molecular complexity index is 617. The van der Waals surface area contributed by atoms with E-state index in [1.54, 1.807) is 6.07 Å². The lowest BCUT2D eigenvalue weighted by molar-refractivity contribution is 0.102. The van der Waals surface area contributed by atoms with Gasteiger partial charge in [0.15, 0.2) is 0 Å². The average Bonchev–Trinajstić information content (AvgIpc) is 2.42. The summed E-state index contributed by atoms with van der Waals surface area (Å²) < 4.78 is 26.1. The number of nitrogens with two attached hydrogens (primary N) is 1. The minimum Gasteiger partial charge on any atom is -0.326 e.